The average molecular weight is 307 g/mol. The van der Waals surface area contributed by atoms with Crippen LogP contribution >= 0.6 is 0 Å². The third kappa shape index (κ3) is 1.79. The molecule has 2 bridgehead atoms. The second kappa shape index (κ2) is 4.80. The number of carbonyl (C=O) groups excluding carboxylic acids is 2. The average Bonchev–Trinajstić information content (AvgIpc) is 2.83. The van der Waals surface area contributed by atoms with Gasteiger partial charge in [0.15, 0.2) is 11.9 Å². The molecule has 0 amide bonds. The number of rotatable bonds is 3. The third-order valence-corrected chi connectivity index (χ3v) is 6.92. The molecule has 0 N–H and O–H groups in total. The molecule has 2 unspecified atom stereocenters. The number of ether oxygens (including phenoxy) is 1. The lowest BCUT2D eigenvalue weighted by Gasteiger charge is -2.50. The molecule has 4 nitrogen and oxygen atoms in total. The molecule has 1 heterocycles. The van der Waals surface area contributed by atoms with E-state index in [0.717, 1.165) is 19.4 Å². The van der Waals surface area contributed by atoms with Crippen LogP contribution in [0.4, 0.5) is 0 Å². The molecular formula is C18H29NO3. The van der Waals surface area contributed by atoms with Crippen LogP contribution in [-0.4, -0.2) is 43.4 Å². The first-order valence-electron chi connectivity index (χ1n) is 8.53. The van der Waals surface area contributed by atoms with Crippen LogP contribution < -0.4 is 0 Å². The van der Waals surface area contributed by atoms with Crippen LogP contribution in [0.2, 0.25) is 0 Å². The van der Waals surface area contributed by atoms with Crippen LogP contribution in [0.3, 0.4) is 0 Å². The first-order valence-corrected chi connectivity index (χ1v) is 8.53. The maximum atomic E-state index is 13.3. The molecule has 124 valence electrons. The molecule has 0 aromatic rings. The van der Waals surface area contributed by atoms with Crippen molar-refractivity contribution in [2.45, 2.75) is 46.6 Å². The second-order valence-electron chi connectivity index (χ2n) is 8.71. The zero-order chi connectivity index (χ0) is 16.4. The maximum Gasteiger partial charge on any atom is 0.310 e. The molecule has 2 saturated carbocycles. The van der Waals surface area contributed by atoms with Gasteiger partial charge in [0.25, 0.3) is 0 Å². The number of esters is 1. The van der Waals surface area contributed by atoms with Crippen LogP contribution in [-0.2, 0) is 14.3 Å². The highest BCUT2D eigenvalue weighted by atomic mass is 16.6. The molecule has 0 spiro atoms. The van der Waals surface area contributed by atoms with Gasteiger partial charge >= 0.3 is 5.97 Å². The lowest BCUT2D eigenvalue weighted by atomic mass is 9.52. The van der Waals surface area contributed by atoms with Crippen LogP contribution in [0.15, 0.2) is 0 Å². The Morgan fingerprint density at radius 1 is 1.27 bits per heavy atom. The number of hydrogen-bond donors (Lipinski definition) is 0. The van der Waals surface area contributed by atoms with Crippen molar-refractivity contribution in [3.05, 3.63) is 0 Å². The van der Waals surface area contributed by atoms with Gasteiger partial charge in [0.05, 0.1) is 5.92 Å². The van der Waals surface area contributed by atoms with Crippen LogP contribution in [0.1, 0.15) is 40.5 Å². The SMILES string of the molecule is CC(C)C1[C@H]2OC(=O)[C@@H]1[C@@H]1CC[C@](C)(CN(C)C)C1(C)C2=O. The monoisotopic (exact) mass is 307 g/mol. The second-order valence-corrected chi connectivity index (χ2v) is 8.71. The zero-order valence-corrected chi connectivity index (χ0v) is 14.7. The highest BCUT2D eigenvalue weighted by molar-refractivity contribution is 5.97. The molecule has 1 saturated heterocycles. The van der Waals surface area contributed by atoms with Gasteiger partial charge in [-0.2, -0.15) is 0 Å². The lowest BCUT2D eigenvalue weighted by molar-refractivity contribution is -0.156. The highest BCUT2D eigenvalue weighted by Crippen LogP contribution is 2.66. The summed E-state index contributed by atoms with van der Waals surface area (Å²) in [6.07, 6.45) is 1.46. The normalized spacial score (nSPS) is 47.3. The van der Waals surface area contributed by atoms with Gasteiger partial charge in [0.1, 0.15) is 0 Å². The number of hydrogen-bond acceptors (Lipinski definition) is 4. The van der Waals surface area contributed by atoms with Crippen LogP contribution in [0.25, 0.3) is 0 Å². The molecule has 4 heteroatoms. The summed E-state index contributed by atoms with van der Waals surface area (Å²) in [7, 11) is 4.12. The van der Waals surface area contributed by atoms with Gasteiger partial charge in [-0.05, 0) is 44.2 Å². The Morgan fingerprint density at radius 2 is 1.91 bits per heavy atom. The molecular weight excluding hydrogens is 278 g/mol. The third-order valence-electron chi connectivity index (χ3n) is 6.92. The molecule has 0 radical (unpaired) electrons. The zero-order valence-electron chi connectivity index (χ0n) is 14.7. The number of carbonyl (C=O) groups is 2. The fourth-order valence-corrected chi connectivity index (χ4v) is 5.78. The van der Waals surface area contributed by atoms with Gasteiger partial charge in [0, 0.05) is 17.9 Å². The van der Waals surface area contributed by atoms with Crippen molar-refractivity contribution in [3.63, 3.8) is 0 Å². The molecule has 0 aromatic carbocycles. The number of ketones is 1. The Hall–Kier alpha value is -0.900. The van der Waals surface area contributed by atoms with E-state index in [4.69, 9.17) is 4.74 Å². The van der Waals surface area contributed by atoms with E-state index >= 15 is 0 Å². The van der Waals surface area contributed by atoms with Crippen LogP contribution in [0, 0.1) is 34.5 Å². The number of nitrogens with zero attached hydrogens (tertiary/aromatic N) is 1. The number of Topliss-reactive ketones (excluding diaryl/α,β-unsaturated/α-hetero) is 1. The molecule has 3 aliphatic rings. The summed E-state index contributed by atoms with van der Waals surface area (Å²) < 4.78 is 5.57. The van der Waals surface area contributed by atoms with Gasteiger partial charge in [-0.15, -0.1) is 0 Å². The van der Waals surface area contributed by atoms with E-state index < -0.39 is 11.5 Å². The van der Waals surface area contributed by atoms with Crippen molar-refractivity contribution in [2.24, 2.45) is 34.5 Å². The molecule has 2 aliphatic carbocycles. The van der Waals surface area contributed by atoms with Gasteiger partial charge in [-0.25, -0.2) is 0 Å². The van der Waals surface area contributed by atoms with Gasteiger partial charge < -0.3 is 9.64 Å². The first-order chi connectivity index (χ1) is 10.1. The Morgan fingerprint density at radius 3 is 2.45 bits per heavy atom. The molecule has 1 aliphatic heterocycles. The van der Waals surface area contributed by atoms with Crippen molar-refractivity contribution >= 4 is 11.8 Å². The fraction of sp³-hybridized carbons (Fsp3) is 0.889. The summed E-state index contributed by atoms with van der Waals surface area (Å²) in [6, 6.07) is 0. The van der Waals surface area contributed by atoms with Crippen LogP contribution in [0.5, 0.6) is 0 Å². The summed E-state index contributed by atoms with van der Waals surface area (Å²) >= 11 is 0. The van der Waals surface area contributed by atoms with E-state index in [-0.39, 0.29) is 34.9 Å². The molecule has 3 fully saturated rings. The quantitative estimate of drug-likeness (QED) is 0.751. The summed E-state index contributed by atoms with van der Waals surface area (Å²) in [6.45, 7) is 9.43. The lowest BCUT2D eigenvalue weighted by Crippen LogP contribution is -2.58. The van der Waals surface area contributed by atoms with Crippen molar-refractivity contribution in [1.29, 1.82) is 0 Å². The molecule has 22 heavy (non-hydrogen) atoms. The smallest absolute Gasteiger partial charge is 0.310 e. The Labute approximate surface area is 133 Å². The highest BCUT2D eigenvalue weighted by Gasteiger charge is 2.71. The Kier molecular flexibility index (Phi) is 3.48. The summed E-state index contributed by atoms with van der Waals surface area (Å²) in [5, 5.41) is 0. The Bertz CT molecular complexity index is 514. The summed E-state index contributed by atoms with van der Waals surface area (Å²) in [4.78, 5) is 28.0. The van der Waals surface area contributed by atoms with E-state index in [1.54, 1.807) is 0 Å². The van der Waals surface area contributed by atoms with E-state index in [9.17, 15) is 9.59 Å². The van der Waals surface area contributed by atoms with Gasteiger partial charge in [-0.3, -0.25) is 9.59 Å². The fourth-order valence-electron chi connectivity index (χ4n) is 5.78. The molecule has 0 aromatic heterocycles. The van der Waals surface area contributed by atoms with Gasteiger partial charge in [0.2, 0.25) is 0 Å². The van der Waals surface area contributed by atoms with E-state index in [1.807, 2.05) is 0 Å². The van der Waals surface area contributed by atoms with E-state index in [0.29, 0.717) is 5.92 Å². The van der Waals surface area contributed by atoms with Crippen molar-refractivity contribution < 1.29 is 14.3 Å². The molecule has 3 rings (SSSR count). The van der Waals surface area contributed by atoms with E-state index in [1.165, 1.54) is 0 Å². The van der Waals surface area contributed by atoms with Crippen molar-refractivity contribution in [2.75, 3.05) is 20.6 Å². The maximum absolute atomic E-state index is 13.3. The largest absolute Gasteiger partial charge is 0.454 e. The minimum atomic E-state index is -0.515. The van der Waals surface area contributed by atoms with Crippen molar-refractivity contribution in [3.8, 4) is 0 Å². The van der Waals surface area contributed by atoms with E-state index in [2.05, 4.69) is 46.7 Å². The summed E-state index contributed by atoms with van der Waals surface area (Å²) in [5.41, 5.74) is -0.519. The van der Waals surface area contributed by atoms with Crippen molar-refractivity contribution in [1.82, 2.24) is 4.90 Å². The standard InChI is InChI=1S/C18H29NO3/c1-10(2)12-13-11-7-8-17(3,9-19(5)6)18(11,4)15(20)14(12)22-16(13)21/h10-14H,7-9H2,1-6H3/t11-,12?,13+,14+,17+,18?/m0/s1. The predicted octanol–water partition coefficient (Wildman–Crippen LogP) is 2.37. The Balaban J connectivity index is 2.06. The van der Waals surface area contributed by atoms with Gasteiger partial charge in [-0.1, -0.05) is 27.7 Å². The summed E-state index contributed by atoms with van der Waals surface area (Å²) in [5.74, 6) is 0.482. The minimum absolute atomic E-state index is 0.0692. The minimum Gasteiger partial charge on any atom is -0.454 e. The first kappa shape index (κ1) is 16.0. The molecule has 6 atom stereocenters. The number of fused-ring (bicyclic) bond motifs is 4. The topological polar surface area (TPSA) is 46.6 Å². The predicted molar refractivity (Wildman–Crippen MR) is 84.2 cm³/mol.